The molecule has 214 valence electrons. The average Bonchev–Trinajstić information content (AvgIpc) is 3.46. The number of carboxylic acid groups (broad SMARTS) is 1. The van der Waals surface area contributed by atoms with E-state index in [1.54, 1.807) is 23.1 Å². The number of nitrogens with one attached hydrogen (secondary N) is 2. The van der Waals surface area contributed by atoms with E-state index in [0.29, 0.717) is 6.42 Å². The minimum Gasteiger partial charge on any atom is -0.480 e. The van der Waals surface area contributed by atoms with Gasteiger partial charge in [-0.1, -0.05) is 74.0 Å². The quantitative estimate of drug-likeness (QED) is 0.267. The number of nitrogens with zero attached hydrogens (tertiary/aromatic N) is 2. The zero-order valence-corrected chi connectivity index (χ0v) is 23.6. The second-order valence-corrected chi connectivity index (χ2v) is 11.5. The number of carboxylic acids is 1. The Morgan fingerprint density at radius 2 is 1.69 bits per heavy atom. The van der Waals surface area contributed by atoms with Gasteiger partial charge >= 0.3 is 12.0 Å². The molecule has 4 aromatic rings. The lowest BCUT2D eigenvalue weighted by molar-refractivity contribution is -0.139. The molecule has 0 saturated carbocycles. The van der Waals surface area contributed by atoms with Crippen molar-refractivity contribution in [2.24, 2.45) is 5.92 Å². The summed E-state index contributed by atoms with van der Waals surface area (Å²) in [6, 6.07) is 19.2. The van der Waals surface area contributed by atoms with Crippen LogP contribution in [0.25, 0.3) is 10.9 Å². The molecule has 3 heterocycles. The largest absolute Gasteiger partial charge is 0.480 e. The first-order valence-corrected chi connectivity index (χ1v) is 14.1. The van der Waals surface area contributed by atoms with Crippen LogP contribution in [0.3, 0.4) is 0 Å². The Morgan fingerprint density at radius 3 is 2.40 bits per heavy atom. The van der Waals surface area contributed by atoms with Crippen molar-refractivity contribution < 1.29 is 24.3 Å². The molecule has 4 amide bonds. The zero-order valence-electron chi connectivity index (χ0n) is 23.6. The maximum Gasteiger partial charge on any atom is 0.332 e. The normalized spacial score (nSPS) is 18.8. The lowest BCUT2D eigenvalue weighted by Gasteiger charge is -2.36. The number of rotatable bonds is 7. The van der Waals surface area contributed by atoms with Gasteiger partial charge in [-0.05, 0) is 48.6 Å². The van der Waals surface area contributed by atoms with Crippen LogP contribution in [-0.2, 0) is 16.0 Å². The van der Waals surface area contributed by atoms with E-state index in [-0.39, 0.29) is 23.6 Å². The molecule has 2 aliphatic heterocycles. The van der Waals surface area contributed by atoms with Crippen molar-refractivity contribution in [3.8, 4) is 0 Å². The second-order valence-electron chi connectivity index (χ2n) is 11.5. The van der Waals surface area contributed by atoms with Crippen LogP contribution in [-0.4, -0.2) is 50.9 Å². The summed E-state index contributed by atoms with van der Waals surface area (Å²) in [6.45, 7) is 5.74. The highest BCUT2D eigenvalue weighted by molar-refractivity contribution is 6.24. The summed E-state index contributed by atoms with van der Waals surface area (Å²) >= 11 is 0. The molecule has 42 heavy (non-hydrogen) atoms. The second kappa shape index (κ2) is 10.5. The zero-order chi connectivity index (χ0) is 29.7. The number of carbonyl (C=O) groups is 4. The van der Waals surface area contributed by atoms with Crippen molar-refractivity contribution in [2.45, 2.75) is 51.7 Å². The van der Waals surface area contributed by atoms with Crippen LogP contribution in [0.4, 0.5) is 10.5 Å². The van der Waals surface area contributed by atoms with Crippen molar-refractivity contribution in [1.29, 1.82) is 0 Å². The predicted molar refractivity (Wildman–Crippen MR) is 158 cm³/mol. The van der Waals surface area contributed by atoms with Gasteiger partial charge in [0.15, 0.2) is 0 Å². The standard InChI is InChI=1S/C33H32N4O5/c1-18(2)16-25(32(40)41)35-30(38)22-9-5-7-11-26(22)37-31(39)27-17-23-21-8-4-6-10-24(21)34-28(23)29(36(27)33(37)42)20-14-12-19(3)13-15-20/h4-15,18,25,27,29,34H,16-17H2,1-3H3,(H,35,38)(H,40,41)/t25-,27+,29-/m1/s1. The molecule has 1 aromatic heterocycles. The molecule has 3 atom stereocenters. The van der Waals surface area contributed by atoms with Crippen LogP contribution in [0.5, 0.6) is 0 Å². The Hall–Kier alpha value is -4.92. The fraction of sp³-hybridized carbons (Fsp3) is 0.273. The van der Waals surface area contributed by atoms with Crippen LogP contribution in [0.1, 0.15) is 59.1 Å². The fourth-order valence-electron chi connectivity index (χ4n) is 6.18. The van der Waals surface area contributed by atoms with Gasteiger partial charge in [-0.15, -0.1) is 0 Å². The number of carbonyl (C=O) groups excluding carboxylic acids is 3. The summed E-state index contributed by atoms with van der Waals surface area (Å²) in [5.74, 6) is -2.19. The molecule has 2 aliphatic rings. The maximum atomic E-state index is 14.3. The summed E-state index contributed by atoms with van der Waals surface area (Å²) in [5.41, 5.74) is 4.92. The summed E-state index contributed by atoms with van der Waals surface area (Å²) < 4.78 is 0. The summed E-state index contributed by atoms with van der Waals surface area (Å²) in [5, 5.41) is 13.3. The highest BCUT2D eigenvalue weighted by Crippen LogP contribution is 2.45. The molecule has 9 nitrogen and oxygen atoms in total. The predicted octanol–water partition coefficient (Wildman–Crippen LogP) is 5.19. The molecule has 0 bridgehead atoms. The van der Waals surface area contributed by atoms with Crippen LogP contribution >= 0.6 is 0 Å². The third kappa shape index (κ3) is 4.51. The number of aromatic nitrogens is 1. The molecular formula is C33H32N4O5. The topological polar surface area (TPSA) is 123 Å². The number of aryl methyl sites for hydroxylation is 1. The molecule has 0 radical (unpaired) electrons. The maximum absolute atomic E-state index is 14.3. The Balaban J connectivity index is 1.42. The molecule has 3 aromatic carbocycles. The van der Waals surface area contributed by atoms with Crippen molar-refractivity contribution in [3.63, 3.8) is 0 Å². The summed E-state index contributed by atoms with van der Waals surface area (Å²) in [4.78, 5) is 59.8. The number of benzene rings is 3. The number of fused-ring (bicyclic) bond motifs is 4. The van der Waals surface area contributed by atoms with E-state index in [9.17, 15) is 24.3 Å². The number of imide groups is 1. The van der Waals surface area contributed by atoms with E-state index >= 15 is 0 Å². The summed E-state index contributed by atoms with van der Waals surface area (Å²) in [6.07, 6.45) is 0.567. The number of anilines is 1. The van der Waals surface area contributed by atoms with Gasteiger partial charge in [0.1, 0.15) is 18.1 Å². The first-order valence-electron chi connectivity index (χ1n) is 14.1. The van der Waals surface area contributed by atoms with Gasteiger partial charge < -0.3 is 15.4 Å². The molecule has 0 spiro atoms. The number of hydrogen-bond donors (Lipinski definition) is 3. The molecule has 9 heteroatoms. The summed E-state index contributed by atoms with van der Waals surface area (Å²) in [7, 11) is 0. The van der Waals surface area contributed by atoms with Gasteiger partial charge in [0.05, 0.1) is 11.3 Å². The monoisotopic (exact) mass is 564 g/mol. The van der Waals surface area contributed by atoms with Gasteiger partial charge in [-0.2, -0.15) is 0 Å². The smallest absolute Gasteiger partial charge is 0.332 e. The van der Waals surface area contributed by atoms with Crippen molar-refractivity contribution in [3.05, 3.63) is 101 Å². The molecule has 6 rings (SSSR count). The number of para-hydroxylation sites is 2. The minimum absolute atomic E-state index is 0.0335. The highest BCUT2D eigenvalue weighted by atomic mass is 16.4. The molecular weight excluding hydrogens is 532 g/mol. The first-order chi connectivity index (χ1) is 20.2. The van der Waals surface area contributed by atoms with E-state index in [0.717, 1.165) is 38.2 Å². The number of aromatic amines is 1. The average molecular weight is 565 g/mol. The number of amides is 4. The Morgan fingerprint density at radius 1 is 1.00 bits per heavy atom. The van der Waals surface area contributed by atoms with E-state index in [1.165, 1.54) is 6.07 Å². The van der Waals surface area contributed by atoms with Crippen LogP contribution in [0.15, 0.2) is 72.8 Å². The lowest BCUT2D eigenvalue weighted by Crippen LogP contribution is -2.44. The van der Waals surface area contributed by atoms with E-state index in [4.69, 9.17) is 0 Å². The van der Waals surface area contributed by atoms with Crippen LogP contribution < -0.4 is 10.2 Å². The van der Waals surface area contributed by atoms with Gasteiger partial charge in [-0.3, -0.25) is 14.5 Å². The molecule has 3 N–H and O–H groups in total. The highest BCUT2D eigenvalue weighted by Gasteiger charge is 2.53. The SMILES string of the molecule is Cc1ccc([C@@H]2c3[nH]c4ccccc4c3C[C@H]3C(=O)N(c4ccccc4C(=O)N[C@H](CC(C)C)C(=O)O)C(=O)N23)cc1. The van der Waals surface area contributed by atoms with Crippen molar-refractivity contribution >= 4 is 40.4 Å². The Bertz CT molecular complexity index is 1720. The third-order valence-corrected chi connectivity index (χ3v) is 8.14. The molecule has 1 fully saturated rings. The Labute approximate surface area is 243 Å². The van der Waals surface area contributed by atoms with Gasteiger partial charge in [0.25, 0.3) is 11.8 Å². The number of urea groups is 1. The number of hydrogen-bond acceptors (Lipinski definition) is 4. The third-order valence-electron chi connectivity index (χ3n) is 8.14. The van der Waals surface area contributed by atoms with E-state index in [1.807, 2.05) is 69.3 Å². The van der Waals surface area contributed by atoms with Gasteiger partial charge in [0.2, 0.25) is 0 Å². The fourth-order valence-corrected chi connectivity index (χ4v) is 6.18. The first kappa shape index (κ1) is 27.3. The van der Waals surface area contributed by atoms with Gasteiger partial charge in [0, 0.05) is 23.0 Å². The molecule has 1 saturated heterocycles. The Kier molecular flexibility index (Phi) is 6.80. The van der Waals surface area contributed by atoms with Crippen molar-refractivity contribution in [1.82, 2.24) is 15.2 Å². The molecule has 0 aliphatic carbocycles. The number of aliphatic carboxylic acids is 1. The van der Waals surface area contributed by atoms with E-state index < -0.39 is 41.9 Å². The van der Waals surface area contributed by atoms with Crippen LogP contribution in [0.2, 0.25) is 0 Å². The number of H-pyrrole nitrogens is 1. The van der Waals surface area contributed by atoms with Gasteiger partial charge in [-0.25, -0.2) is 14.5 Å². The lowest BCUT2D eigenvalue weighted by atomic mass is 9.88. The van der Waals surface area contributed by atoms with Crippen LogP contribution in [0, 0.1) is 12.8 Å². The minimum atomic E-state index is -1.14. The molecule has 0 unspecified atom stereocenters. The van der Waals surface area contributed by atoms with Crippen molar-refractivity contribution in [2.75, 3.05) is 4.90 Å². The van der Waals surface area contributed by atoms with E-state index in [2.05, 4.69) is 10.3 Å².